The van der Waals surface area contributed by atoms with Crippen molar-refractivity contribution in [3.8, 4) is 0 Å². The minimum atomic E-state index is 0. The number of halogens is 1. The van der Waals surface area contributed by atoms with Crippen molar-refractivity contribution in [2.45, 2.75) is 0 Å². The fraction of sp³-hybridized carbons (Fsp3) is 0.500. The molecule has 0 heterocycles. The summed E-state index contributed by atoms with van der Waals surface area (Å²) in [5.74, 6) is 0. The molecule has 0 amide bonds. The molecule has 54 valence electrons. The van der Waals surface area contributed by atoms with Gasteiger partial charge in [-0.25, -0.2) is 0 Å². The smallest absolute Gasteiger partial charge is 1.00 e. The van der Waals surface area contributed by atoms with Gasteiger partial charge in [-0.05, 0) is 4.93 Å². The summed E-state index contributed by atoms with van der Waals surface area (Å²) in [5, 5.41) is 0. The Labute approximate surface area is 123 Å². The average Bonchev–Trinajstić information content (AvgIpc) is 1.00. The van der Waals surface area contributed by atoms with E-state index in [-0.39, 0.29) is 97.2 Å². The molecule has 0 aromatic carbocycles. The van der Waals surface area contributed by atoms with Crippen LogP contribution in [0.1, 0.15) is 1.43 Å². The van der Waals surface area contributed by atoms with Crippen molar-refractivity contribution < 1.29 is 81.3 Å². The van der Waals surface area contributed by atoms with Crippen LogP contribution in [-0.4, -0.2) is 13.3 Å². The van der Waals surface area contributed by atoms with Crippen molar-refractivity contribution >= 4 is 31.0 Å². The van der Waals surface area contributed by atoms with Crippen molar-refractivity contribution in [1.29, 1.82) is 0 Å². The van der Waals surface area contributed by atoms with E-state index in [9.17, 15) is 0 Å². The molecule has 0 nitrogen and oxygen atoms in total. The third-order valence-corrected chi connectivity index (χ3v) is 0. The van der Waals surface area contributed by atoms with Crippen LogP contribution in [-0.2, 0) is 50.3 Å². The first-order valence-corrected chi connectivity index (χ1v) is 2.54. The van der Waals surface area contributed by atoms with Gasteiger partial charge in [0.1, 0.15) is 0 Å². The first kappa shape index (κ1) is 64.7. The molecule has 0 aliphatic rings. The minimum absolute atomic E-state index is 0. The molecule has 0 aliphatic carbocycles. The first-order chi connectivity index (χ1) is 1.00. The Morgan fingerprint density at radius 1 is 1.00 bits per heavy atom. The number of hydrogen-bond acceptors (Lipinski definition) is 0. The summed E-state index contributed by atoms with van der Waals surface area (Å²) < 4.78 is 0. The van der Waals surface area contributed by atoms with Crippen LogP contribution in [0, 0.1) is 7.43 Å². The molecule has 0 aromatic heterocycles. The Morgan fingerprint density at radius 2 is 1.00 bits per heavy atom. The molecule has 0 saturated heterocycles. The van der Waals surface area contributed by atoms with Crippen molar-refractivity contribution in [3.63, 3.8) is 0 Å². The van der Waals surface area contributed by atoms with Gasteiger partial charge in [-0.3, -0.25) is 0 Å². The van der Waals surface area contributed by atoms with Crippen LogP contribution in [0.5, 0.6) is 0 Å². The zero-order chi connectivity index (χ0) is 2.00. The summed E-state index contributed by atoms with van der Waals surface area (Å²) in [4.78, 5) is 1.97. The molecule has 6 heteroatoms. The molecule has 8 heavy (non-hydrogen) atoms. The maximum Gasteiger partial charge on any atom is 1.00 e. The number of alkyl halides is 1. The molecule has 0 spiro atoms. The number of rotatable bonds is 0. The summed E-state index contributed by atoms with van der Waals surface area (Å²) in [5.41, 5.74) is 0. The van der Waals surface area contributed by atoms with Crippen molar-refractivity contribution in [1.82, 2.24) is 0 Å². The normalized spacial score (nSPS) is 0.750. The van der Waals surface area contributed by atoms with E-state index in [1.165, 1.54) is 0 Å². The Bertz CT molecular complexity index is 21.8. The topological polar surface area (TPSA) is 0 Å². The van der Waals surface area contributed by atoms with Gasteiger partial charge in [0.2, 0.25) is 0 Å². The average molecular weight is 369 g/mol. The van der Waals surface area contributed by atoms with Crippen molar-refractivity contribution in [3.05, 3.63) is 7.43 Å². The zero-order valence-electron chi connectivity index (χ0n) is 5.96. The Kier molecular flexibility index (Phi) is 658. The van der Waals surface area contributed by atoms with E-state index in [0.29, 0.717) is 0 Å². The second kappa shape index (κ2) is 81.5. The molecular formula is C2H7BCo3INa-. The largest absolute Gasteiger partial charge is 1.00 e. The van der Waals surface area contributed by atoms with Gasteiger partial charge in [0, 0.05) is 58.7 Å². The van der Waals surface area contributed by atoms with E-state index in [0.717, 1.165) is 0 Å². The third-order valence-electron chi connectivity index (χ3n) is 0. The van der Waals surface area contributed by atoms with E-state index in [1.807, 2.05) is 4.93 Å². The molecule has 0 rings (SSSR count). The molecule has 0 unspecified atom stereocenters. The van der Waals surface area contributed by atoms with Gasteiger partial charge in [0.15, 0.2) is 0 Å². The van der Waals surface area contributed by atoms with Gasteiger partial charge in [0.05, 0.1) is 0 Å². The van der Waals surface area contributed by atoms with Crippen LogP contribution in [0.3, 0.4) is 0 Å². The molecule has 6 radical (unpaired) electrons. The Balaban J connectivity index is -0.000000000238. The third kappa shape index (κ3) is 58.6. The molecule has 0 aromatic rings. The molecular weight excluding hydrogens is 362 g/mol. The van der Waals surface area contributed by atoms with Crippen LogP contribution in [0.15, 0.2) is 0 Å². The first-order valence-electron chi connectivity index (χ1n) is 0.378. The Morgan fingerprint density at radius 3 is 1.00 bits per heavy atom. The quantitative estimate of drug-likeness (QED) is 0.206. The molecule has 0 fully saturated rings. The van der Waals surface area contributed by atoms with Crippen LogP contribution in [0.2, 0.25) is 0 Å². The fourth-order valence-electron chi connectivity index (χ4n) is 0. The summed E-state index contributed by atoms with van der Waals surface area (Å²) in [6.07, 6.45) is 0. The minimum Gasteiger partial charge on any atom is -1.00 e. The molecule has 0 atom stereocenters. The monoisotopic (exact) mass is 369 g/mol. The van der Waals surface area contributed by atoms with Gasteiger partial charge in [-0.2, -0.15) is 0 Å². The second-order valence-corrected chi connectivity index (χ2v) is 0. The molecule has 0 aliphatic heterocycles. The summed E-state index contributed by atoms with van der Waals surface area (Å²) in [6.45, 7) is 0. The van der Waals surface area contributed by atoms with E-state index < -0.39 is 0 Å². The van der Waals surface area contributed by atoms with Gasteiger partial charge in [0.25, 0.3) is 0 Å². The summed E-state index contributed by atoms with van der Waals surface area (Å²) >= 11 is 2.15. The van der Waals surface area contributed by atoms with Crippen LogP contribution in [0.25, 0.3) is 0 Å². The second-order valence-electron chi connectivity index (χ2n) is 0. The SMILES string of the molecule is CI.[B].[CH3-].[Co].[Co].[Co].[H-].[Na+]. The number of hydrogen-bond donors (Lipinski definition) is 0. The van der Waals surface area contributed by atoms with Crippen molar-refractivity contribution in [2.24, 2.45) is 0 Å². The fourth-order valence-corrected chi connectivity index (χ4v) is 0. The van der Waals surface area contributed by atoms with Gasteiger partial charge in [-0.15, -0.1) is 0 Å². The standard InChI is InChI=1S/CH3I.CH3.B.3Co.Na.H/c1-2;;;;;;;/h1H3;1H3;;;;;;/q;-1;;;;;+1;-1. The van der Waals surface area contributed by atoms with E-state index >= 15 is 0 Å². The van der Waals surface area contributed by atoms with E-state index in [2.05, 4.69) is 22.6 Å². The Hall–Kier alpha value is 3.31. The maximum atomic E-state index is 2.15. The predicted molar refractivity (Wildman–Crippen MR) is 33.2 cm³/mol. The van der Waals surface area contributed by atoms with Crippen LogP contribution >= 0.6 is 22.6 Å². The van der Waals surface area contributed by atoms with Crippen LogP contribution in [0.4, 0.5) is 0 Å². The maximum absolute atomic E-state index is 2.15. The summed E-state index contributed by atoms with van der Waals surface area (Å²) in [7, 11) is 0. The van der Waals surface area contributed by atoms with E-state index in [4.69, 9.17) is 0 Å². The summed E-state index contributed by atoms with van der Waals surface area (Å²) in [6, 6.07) is 0. The molecule has 0 bridgehead atoms. The molecule has 0 N–H and O–H groups in total. The zero-order valence-corrected chi connectivity index (χ0v) is 12.2. The van der Waals surface area contributed by atoms with Gasteiger partial charge < -0.3 is 8.85 Å². The van der Waals surface area contributed by atoms with Gasteiger partial charge >= 0.3 is 29.6 Å². The van der Waals surface area contributed by atoms with E-state index in [1.54, 1.807) is 0 Å². The molecule has 0 saturated carbocycles. The van der Waals surface area contributed by atoms with Crippen LogP contribution < -0.4 is 29.6 Å². The van der Waals surface area contributed by atoms with Gasteiger partial charge in [-0.1, -0.05) is 22.6 Å². The predicted octanol–water partition coefficient (Wildman–Crippen LogP) is -1.77. The van der Waals surface area contributed by atoms with Crippen molar-refractivity contribution in [2.75, 3.05) is 4.93 Å².